The molecule has 1 unspecified atom stereocenters. The molecule has 0 spiro atoms. The highest BCUT2D eigenvalue weighted by molar-refractivity contribution is 5.41. The topological polar surface area (TPSA) is 72.7 Å². The number of benzene rings is 2. The second-order valence-electron chi connectivity index (χ2n) is 6.72. The summed E-state index contributed by atoms with van der Waals surface area (Å²) in [7, 11) is 0. The monoisotopic (exact) mass is 327 g/mol. The molecule has 1 saturated carbocycles. The maximum atomic E-state index is 10.4. The summed E-state index contributed by atoms with van der Waals surface area (Å²) in [5.74, 6) is 0.568. The van der Waals surface area contributed by atoms with Gasteiger partial charge in [0.05, 0.1) is 0 Å². The summed E-state index contributed by atoms with van der Waals surface area (Å²) < 4.78 is 0. The lowest BCUT2D eigenvalue weighted by Crippen LogP contribution is -2.35. The average Bonchev–Trinajstić information content (AvgIpc) is 2.56. The van der Waals surface area contributed by atoms with Crippen molar-refractivity contribution in [3.63, 3.8) is 0 Å². The Balaban J connectivity index is 1.58. The molecule has 0 aromatic heterocycles. The molecule has 0 aliphatic heterocycles. The molecule has 128 valence electrons. The van der Waals surface area contributed by atoms with Crippen LogP contribution in [-0.4, -0.2) is 21.4 Å². The van der Waals surface area contributed by atoms with E-state index in [2.05, 4.69) is 5.32 Å². The quantitative estimate of drug-likeness (QED) is 0.646. The van der Waals surface area contributed by atoms with Crippen molar-refractivity contribution in [1.29, 1.82) is 0 Å². The van der Waals surface area contributed by atoms with Crippen LogP contribution in [0, 0.1) is 6.92 Å². The van der Waals surface area contributed by atoms with Gasteiger partial charge in [-0.05, 0) is 61.3 Å². The molecule has 1 aliphatic rings. The lowest BCUT2D eigenvalue weighted by molar-refractivity contribution is 0.111. The van der Waals surface area contributed by atoms with Crippen molar-refractivity contribution in [2.45, 2.75) is 50.8 Å². The first kappa shape index (κ1) is 16.8. The van der Waals surface area contributed by atoms with Crippen molar-refractivity contribution in [3.8, 4) is 11.5 Å². The highest BCUT2D eigenvalue weighted by Crippen LogP contribution is 2.38. The van der Waals surface area contributed by atoms with Gasteiger partial charge in [0.1, 0.15) is 17.7 Å². The second kappa shape index (κ2) is 7.24. The van der Waals surface area contributed by atoms with Crippen molar-refractivity contribution >= 4 is 0 Å². The van der Waals surface area contributed by atoms with E-state index in [4.69, 9.17) is 0 Å². The number of hydrogen-bond donors (Lipinski definition) is 4. The molecule has 1 atom stereocenters. The van der Waals surface area contributed by atoms with Crippen molar-refractivity contribution in [1.82, 2.24) is 5.32 Å². The average molecular weight is 327 g/mol. The van der Waals surface area contributed by atoms with Gasteiger partial charge in [-0.25, -0.2) is 0 Å². The number of hydrogen-bond acceptors (Lipinski definition) is 4. The molecule has 2 aromatic rings. The predicted octanol–water partition coefficient (Wildman–Crippen LogP) is 3.71. The summed E-state index contributed by atoms with van der Waals surface area (Å²) in [4.78, 5) is 0. The number of phenols is 2. The molecule has 0 radical (unpaired) electrons. The fourth-order valence-corrected chi connectivity index (χ4v) is 3.65. The molecule has 4 N–H and O–H groups in total. The smallest absolute Gasteiger partial charge is 0.131 e. The number of aryl methyl sites for hydroxylation is 1. The first-order valence-corrected chi connectivity index (χ1v) is 8.56. The first-order valence-electron chi connectivity index (χ1n) is 8.56. The van der Waals surface area contributed by atoms with Crippen LogP contribution in [0.25, 0.3) is 0 Å². The van der Waals surface area contributed by atoms with Crippen molar-refractivity contribution < 1.29 is 15.3 Å². The van der Waals surface area contributed by atoms with Crippen LogP contribution in [0.1, 0.15) is 54.5 Å². The predicted molar refractivity (Wildman–Crippen MR) is 94.0 cm³/mol. The minimum Gasteiger partial charge on any atom is -0.508 e. The molecule has 0 amide bonds. The van der Waals surface area contributed by atoms with Gasteiger partial charge in [0.2, 0.25) is 0 Å². The van der Waals surface area contributed by atoms with Gasteiger partial charge in [0, 0.05) is 12.1 Å². The third-order valence-electron chi connectivity index (χ3n) is 5.06. The number of aromatic hydroxyl groups is 2. The van der Waals surface area contributed by atoms with Crippen LogP contribution in [0.2, 0.25) is 0 Å². The molecule has 4 nitrogen and oxygen atoms in total. The number of aliphatic hydroxyl groups excluding tert-OH is 1. The second-order valence-corrected chi connectivity index (χ2v) is 6.72. The summed E-state index contributed by atoms with van der Waals surface area (Å²) in [5.41, 5.74) is 2.92. The van der Waals surface area contributed by atoms with Crippen molar-refractivity contribution in [2.24, 2.45) is 0 Å². The normalized spacial score (nSPS) is 22.2. The Labute approximate surface area is 142 Å². The lowest BCUT2D eigenvalue weighted by atomic mass is 9.81. The van der Waals surface area contributed by atoms with E-state index in [0.29, 0.717) is 5.92 Å². The zero-order chi connectivity index (χ0) is 17.1. The van der Waals surface area contributed by atoms with Crippen LogP contribution in [-0.2, 0) is 0 Å². The number of rotatable bonds is 4. The molecule has 1 fully saturated rings. The maximum Gasteiger partial charge on any atom is 0.131 e. The van der Waals surface area contributed by atoms with Crippen LogP contribution >= 0.6 is 0 Å². The maximum absolute atomic E-state index is 10.4. The van der Waals surface area contributed by atoms with E-state index in [1.165, 1.54) is 6.07 Å². The molecule has 0 saturated heterocycles. The summed E-state index contributed by atoms with van der Waals surface area (Å²) in [6, 6.07) is 13.0. The molecule has 24 heavy (non-hydrogen) atoms. The van der Waals surface area contributed by atoms with Gasteiger partial charge in [-0.2, -0.15) is 0 Å². The highest BCUT2D eigenvalue weighted by Gasteiger charge is 2.25. The van der Waals surface area contributed by atoms with E-state index >= 15 is 0 Å². The van der Waals surface area contributed by atoms with Gasteiger partial charge in [-0.1, -0.05) is 30.3 Å². The van der Waals surface area contributed by atoms with Crippen molar-refractivity contribution in [3.05, 3.63) is 59.2 Å². The van der Waals surface area contributed by atoms with Crippen molar-refractivity contribution in [2.75, 3.05) is 0 Å². The Morgan fingerprint density at radius 1 is 1.00 bits per heavy atom. The van der Waals surface area contributed by atoms with E-state index in [0.717, 1.165) is 42.4 Å². The van der Waals surface area contributed by atoms with Crippen LogP contribution in [0.5, 0.6) is 11.5 Å². The Morgan fingerprint density at radius 3 is 2.38 bits per heavy atom. The fourth-order valence-electron chi connectivity index (χ4n) is 3.65. The van der Waals surface area contributed by atoms with Gasteiger partial charge < -0.3 is 15.3 Å². The molecule has 0 heterocycles. The first-order chi connectivity index (χ1) is 11.5. The van der Waals surface area contributed by atoms with Gasteiger partial charge >= 0.3 is 0 Å². The molecule has 3 rings (SSSR count). The zero-order valence-corrected chi connectivity index (χ0v) is 13.9. The number of phenolic OH excluding ortho intramolecular Hbond substituents is 2. The molecule has 2 aromatic carbocycles. The largest absolute Gasteiger partial charge is 0.508 e. The highest BCUT2D eigenvalue weighted by atomic mass is 16.3. The molecule has 1 aliphatic carbocycles. The SMILES string of the molecule is Cc1ccccc1C(O)NC1CCC(c2ccc(O)cc2O)CC1. The fraction of sp³-hybridized carbons (Fsp3) is 0.400. The van der Waals surface area contributed by atoms with E-state index in [1.807, 2.05) is 37.3 Å². The van der Waals surface area contributed by atoms with Gasteiger partial charge in [0.15, 0.2) is 0 Å². The van der Waals surface area contributed by atoms with Crippen LogP contribution in [0.3, 0.4) is 0 Å². The lowest BCUT2D eigenvalue weighted by Gasteiger charge is -2.31. The zero-order valence-electron chi connectivity index (χ0n) is 13.9. The van der Waals surface area contributed by atoms with E-state index in [9.17, 15) is 15.3 Å². The number of nitrogens with one attached hydrogen (secondary N) is 1. The van der Waals surface area contributed by atoms with Gasteiger partial charge in [0.25, 0.3) is 0 Å². The minimum absolute atomic E-state index is 0.0907. The molecule has 4 heteroatoms. The Hall–Kier alpha value is -2.04. The number of aliphatic hydroxyl groups is 1. The minimum atomic E-state index is -0.644. The van der Waals surface area contributed by atoms with Gasteiger partial charge in [-0.3, -0.25) is 5.32 Å². The standard InChI is InChI=1S/C20H25NO3/c1-13-4-2-3-5-17(13)20(24)21-15-8-6-14(7-9-15)18-11-10-16(22)12-19(18)23/h2-5,10-12,14-15,20-24H,6-9H2,1H3. The summed E-state index contributed by atoms with van der Waals surface area (Å²) >= 11 is 0. The van der Waals surface area contributed by atoms with Crippen LogP contribution < -0.4 is 5.32 Å². The summed E-state index contributed by atoms with van der Waals surface area (Å²) in [6.07, 6.45) is 3.17. The Morgan fingerprint density at radius 2 is 1.71 bits per heavy atom. The molecular formula is C20H25NO3. The van der Waals surface area contributed by atoms with E-state index in [-0.39, 0.29) is 17.5 Å². The Bertz CT molecular complexity index is 693. The molecular weight excluding hydrogens is 302 g/mol. The van der Waals surface area contributed by atoms with Crippen LogP contribution in [0.15, 0.2) is 42.5 Å². The Kier molecular flexibility index (Phi) is 5.07. The third-order valence-corrected chi connectivity index (χ3v) is 5.06. The molecule has 0 bridgehead atoms. The van der Waals surface area contributed by atoms with Crippen LogP contribution in [0.4, 0.5) is 0 Å². The summed E-state index contributed by atoms with van der Waals surface area (Å²) in [5, 5.41) is 33.2. The van der Waals surface area contributed by atoms with E-state index < -0.39 is 6.23 Å². The van der Waals surface area contributed by atoms with Gasteiger partial charge in [-0.15, -0.1) is 0 Å². The third kappa shape index (κ3) is 3.71. The van der Waals surface area contributed by atoms with E-state index in [1.54, 1.807) is 6.07 Å². The summed E-state index contributed by atoms with van der Waals surface area (Å²) in [6.45, 7) is 2.00.